The second-order valence-corrected chi connectivity index (χ2v) is 6.54. The first-order valence-corrected chi connectivity index (χ1v) is 7.90. The Morgan fingerprint density at radius 1 is 1.41 bits per heavy atom. The molecule has 0 unspecified atom stereocenters. The molecule has 2 amide bonds. The Morgan fingerprint density at radius 3 is 2.68 bits per heavy atom. The number of benzene rings is 1. The Hall–Kier alpha value is -1.86. The molecular weight excluding hydrogens is 304 g/mol. The summed E-state index contributed by atoms with van der Waals surface area (Å²) >= 11 is 1.12. The average Bonchev–Trinajstić information content (AvgIpc) is 2.74. The van der Waals surface area contributed by atoms with Gasteiger partial charge in [0, 0.05) is 12.2 Å². The molecule has 1 aromatic carbocycles. The molecule has 2 rings (SSSR count). The Labute approximate surface area is 132 Å². The van der Waals surface area contributed by atoms with Crippen LogP contribution in [0, 0.1) is 13.8 Å². The molecule has 0 saturated carbocycles. The lowest BCUT2D eigenvalue weighted by Crippen LogP contribution is -2.35. The van der Waals surface area contributed by atoms with Gasteiger partial charge < -0.3 is 10.8 Å². The summed E-state index contributed by atoms with van der Waals surface area (Å²) in [5.74, 6) is -1.60. The van der Waals surface area contributed by atoms with Crippen LogP contribution in [0.5, 0.6) is 0 Å². The van der Waals surface area contributed by atoms with Gasteiger partial charge in [-0.15, -0.1) is 11.8 Å². The summed E-state index contributed by atoms with van der Waals surface area (Å²) in [7, 11) is 0. The minimum Gasteiger partial charge on any atom is -0.480 e. The third-order valence-corrected chi connectivity index (χ3v) is 4.97. The first kappa shape index (κ1) is 16.5. The van der Waals surface area contributed by atoms with Gasteiger partial charge in [-0.25, -0.2) is 4.90 Å². The maximum Gasteiger partial charge on any atom is 0.321 e. The van der Waals surface area contributed by atoms with Crippen molar-refractivity contribution in [3.8, 4) is 0 Å². The molecule has 1 aliphatic rings. The van der Waals surface area contributed by atoms with Gasteiger partial charge >= 0.3 is 5.97 Å². The number of anilines is 1. The maximum atomic E-state index is 12.4. The van der Waals surface area contributed by atoms with E-state index in [0.29, 0.717) is 5.69 Å². The summed E-state index contributed by atoms with van der Waals surface area (Å²) in [5, 5.41) is 8.19. The summed E-state index contributed by atoms with van der Waals surface area (Å²) < 4.78 is 0. The second kappa shape index (κ2) is 6.50. The molecule has 0 bridgehead atoms. The van der Waals surface area contributed by atoms with Gasteiger partial charge in [0.15, 0.2) is 0 Å². The summed E-state index contributed by atoms with van der Waals surface area (Å²) in [6.45, 7) is 3.88. The van der Waals surface area contributed by atoms with Gasteiger partial charge in [-0.2, -0.15) is 0 Å². The molecule has 3 N–H and O–H groups in total. The van der Waals surface area contributed by atoms with Gasteiger partial charge in [-0.05, 0) is 37.1 Å². The molecule has 6 nitrogen and oxygen atoms in total. The minimum atomic E-state index is -1.12. The number of aliphatic carboxylic acids is 1. The fraction of sp³-hybridized carbons (Fsp3) is 0.400. The molecule has 1 heterocycles. The van der Waals surface area contributed by atoms with Crippen molar-refractivity contribution in [1.29, 1.82) is 0 Å². The first-order valence-electron chi connectivity index (χ1n) is 6.85. The lowest BCUT2D eigenvalue weighted by Gasteiger charge is -2.16. The van der Waals surface area contributed by atoms with Crippen LogP contribution in [0.25, 0.3) is 0 Å². The van der Waals surface area contributed by atoms with E-state index in [1.165, 1.54) is 4.90 Å². The Kier molecular flexibility index (Phi) is 4.87. The van der Waals surface area contributed by atoms with E-state index in [9.17, 15) is 14.4 Å². The highest BCUT2D eigenvalue weighted by Crippen LogP contribution is 2.30. The van der Waals surface area contributed by atoms with Gasteiger partial charge in [0.2, 0.25) is 11.8 Å². The van der Waals surface area contributed by atoms with E-state index in [0.717, 1.165) is 22.9 Å². The Balaban J connectivity index is 2.11. The van der Waals surface area contributed by atoms with Crippen molar-refractivity contribution in [2.45, 2.75) is 31.6 Å². The van der Waals surface area contributed by atoms with E-state index >= 15 is 0 Å². The van der Waals surface area contributed by atoms with Gasteiger partial charge in [0.25, 0.3) is 0 Å². The van der Waals surface area contributed by atoms with Crippen molar-refractivity contribution in [2.24, 2.45) is 5.73 Å². The zero-order valence-electron chi connectivity index (χ0n) is 12.4. The van der Waals surface area contributed by atoms with E-state index in [-0.39, 0.29) is 24.0 Å². The van der Waals surface area contributed by atoms with Crippen molar-refractivity contribution < 1.29 is 19.5 Å². The smallest absolute Gasteiger partial charge is 0.321 e. The average molecular weight is 322 g/mol. The Bertz CT molecular complexity index is 632. The van der Waals surface area contributed by atoms with Crippen molar-refractivity contribution in [3.05, 3.63) is 29.3 Å². The number of nitrogens with two attached hydrogens (primary N) is 1. The van der Waals surface area contributed by atoms with Crippen LogP contribution in [0.4, 0.5) is 5.69 Å². The van der Waals surface area contributed by atoms with E-state index in [1.807, 2.05) is 19.9 Å². The predicted molar refractivity (Wildman–Crippen MR) is 84.9 cm³/mol. The summed E-state index contributed by atoms with van der Waals surface area (Å²) in [5.41, 5.74) is 8.07. The molecule has 1 aromatic rings. The third kappa shape index (κ3) is 3.31. The molecule has 0 spiro atoms. The molecule has 22 heavy (non-hydrogen) atoms. The van der Waals surface area contributed by atoms with Crippen molar-refractivity contribution in [1.82, 2.24) is 0 Å². The normalized spacial score (nSPS) is 19.6. The van der Waals surface area contributed by atoms with Crippen LogP contribution in [0.1, 0.15) is 17.5 Å². The monoisotopic (exact) mass is 322 g/mol. The zero-order chi connectivity index (χ0) is 16.4. The number of hydrogen-bond donors (Lipinski definition) is 2. The van der Waals surface area contributed by atoms with Gasteiger partial charge in [-0.1, -0.05) is 6.07 Å². The second-order valence-electron chi connectivity index (χ2n) is 5.31. The highest BCUT2D eigenvalue weighted by atomic mass is 32.2. The fourth-order valence-electron chi connectivity index (χ4n) is 2.16. The number of carbonyl (C=O) groups is 3. The highest BCUT2D eigenvalue weighted by Gasteiger charge is 2.40. The summed E-state index contributed by atoms with van der Waals surface area (Å²) in [4.78, 5) is 36.4. The molecule has 1 fully saturated rings. The number of amides is 2. The van der Waals surface area contributed by atoms with Crippen LogP contribution in [0.2, 0.25) is 0 Å². The first-order chi connectivity index (χ1) is 10.3. The largest absolute Gasteiger partial charge is 0.480 e. The molecule has 2 atom stereocenters. The number of carbonyl (C=O) groups excluding carboxylic acids is 2. The lowest BCUT2D eigenvalue weighted by atomic mass is 10.1. The van der Waals surface area contributed by atoms with Crippen LogP contribution in [-0.4, -0.2) is 39.9 Å². The van der Waals surface area contributed by atoms with E-state index in [1.54, 1.807) is 12.1 Å². The quantitative estimate of drug-likeness (QED) is 0.787. The van der Waals surface area contributed by atoms with Crippen LogP contribution in [-0.2, 0) is 14.4 Å². The van der Waals surface area contributed by atoms with Crippen molar-refractivity contribution >= 4 is 35.2 Å². The lowest BCUT2D eigenvalue weighted by molar-refractivity contribution is -0.138. The molecule has 1 saturated heterocycles. The SMILES string of the molecule is Cc1ccc(N2C(=O)C[C@H](SC[C@@H](N)C(=O)O)C2=O)cc1C. The highest BCUT2D eigenvalue weighted by molar-refractivity contribution is 8.00. The van der Waals surface area contributed by atoms with Crippen molar-refractivity contribution in [3.63, 3.8) is 0 Å². The zero-order valence-corrected chi connectivity index (χ0v) is 13.2. The van der Waals surface area contributed by atoms with E-state index in [4.69, 9.17) is 10.8 Å². The number of imide groups is 1. The van der Waals surface area contributed by atoms with Gasteiger partial charge in [0.05, 0.1) is 10.9 Å². The van der Waals surface area contributed by atoms with Crippen LogP contribution in [0.15, 0.2) is 18.2 Å². The number of rotatable bonds is 5. The molecule has 118 valence electrons. The number of nitrogens with zero attached hydrogens (tertiary/aromatic N) is 1. The van der Waals surface area contributed by atoms with E-state index in [2.05, 4.69) is 0 Å². The Morgan fingerprint density at radius 2 is 2.09 bits per heavy atom. The molecular formula is C15H18N2O4S. The fourth-order valence-corrected chi connectivity index (χ4v) is 3.25. The number of carboxylic acids is 1. The number of carboxylic acid groups (broad SMARTS) is 1. The standard InChI is InChI=1S/C15H18N2O4S/c1-8-3-4-10(5-9(8)2)17-13(18)6-12(14(17)19)22-7-11(16)15(20)21/h3-5,11-12H,6-7,16H2,1-2H3,(H,20,21)/t11-,12+/m1/s1. The van der Waals surface area contributed by atoms with E-state index < -0.39 is 17.3 Å². The number of thioether (sulfide) groups is 1. The number of aryl methyl sites for hydroxylation is 2. The van der Waals surface area contributed by atoms with Gasteiger partial charge in [-0.3, -0.25) is 14.4 Å². The summed E-state index contributed by atoms with van der Waals surface area (Å²) in [6.07, 6.45) is 0.0722. The molecule has 7 heteroatoms. The van der Waals surface area contributed by atoms with Crippen molar-refractivity contribution in [2.75, 3.05) is 10.7 Å². The minimum absolute atomic E-state index is 0.0722. The van der Waals surface area contributed by atoms with Crippen LogP contribution < -0.4 is 10.6 Å². The molecule has 0 aromatic heterocycles. The molecule has 1 aliphatic heterocycles. The maximum absolute atomic E-state index is 12.4. The summed E-state index contributed by atoms with van der Waals surface area (Å²) in [6, 6.07) is 4.38. The molecule has 0 radical (unpaired) electrons. The third-order valence-electron chi connectivity index (χ3n) is 3.65. The predicted octanol–water partition coefficient (Wildman–Crippen LogP) is 1.08. The van der Waals surface area contributed by atoms with Crippen LogP contribution in [0.3, 0.4) is 0 Å². The molecule has 0 aliphatic carbocycles. The topological polar surface area (TPSA) is 101 Å². The number of hydrogen-bond acceptors (Lipinski definition) is 5. The van der Waals surface area contributed by atoms with Crippen LogP contribution >= 0.6 is 11.8 Å². The van der Waals surface area contributed by atoms with Gasteiger partial charge in [0.1, 0.15) is 6.04 Å².